The van der Waals surface area contributed by atoms with Gasteiger partial charge in [-0.1, -0.05) is 12.1 Å². The lowest BCUT2D eigenvalue weighted by Crippen LogP contribution is -2.05. The van der Waals surface area contributed by atoms with Gasteiger partial charge in [-0.15, -0.1) is 11.3 Å². The molecule has 4 heteroatoms. The Morgan fingerprint density at radius 3 is 2.69 bits per heavy atom. The number of rotatable bonds is 2. The molecule has 1 aromatic heterocycles. The maximum Gasteiger partial charge on any atom is 0.132 e. The van der Waals surface area contributed by atoms with Crippen LogP contribution in [-0.4, -0.2) is 4.98 Å². The summed E-state index contributed by atoms with van der Waals surface area (Å²) in [4.78, 5) is 5.00. The van der Waals surface area contributed by atoms with E-state index < -0.39 is 0 Å². The molecule has 0 aliphatic rings. The van der Waals surface area contributed by atoms with E-state index in [9.17, 15) is 4.39 Å². The normalized spacial score (nSPS) is 12.8. The van der Waals surface area contributed by atoms with Crippen LogP contribution in [0.3, 0.4) is 0 Å². The zero-order valence-corrected chi connectivity index (χ0v) is 10.0. The van der Waals surface area contributed by atoms with Crippen LogP contribution < -0.4 is 5.73 Å². The van der Waals surface area contributed by atoms with Gasteiger partial charge in [0.1, 0.15) is 5.82 Å². The van der Waals surface area contributed by atoms with Crippen molar-refractivity contribution in [2.24, 2.45) is 5.73 Å². The Morgan fingerprint density at radius 2 is 2.19 bits per heavy atom. The summed E-state index contributed by atoms with van der Waals surface area (Å²) in [6.07, 6.45) is 0. The number of aryl methyl sites for hydroxylation is 1. The molecule has 0 aliphatic carbocycles. The number of hydrogen-bond acceptors (Lipinski definition) is 3. The molecule has 0 radical (unpaired) electrons. The zero-order chi connectivity index (χ0) is 11.7. The van der Waals surface area contributed by atoms with Gasteiger partial charge in [0.05, 0.1) is 16.1 Å². The second-order valence-corrected chi connectivity index (χ2v) is 4.65. The number of nitrogens with two attached hydrogens (primary N) is 1. The van der Waals surface area contributed by atoms with Crippen molar-refractivity contribution in [2.45, 2.75) is 19.9 Å². The van der Waals surface area contributed by atoms with E-state index in [1.54, 1.807) is 11.6 Å². The van der Waals surface area contributed by atoms with Crippen LogP contribution in [0.2, 0.25) is 0 Å². The van der Waals surface area contributed by atoms with Gasteiger partial charge in [0.25, 0.3) is 0 Å². The molecule has 2 nitrogen and oxygen atoms in total. The molecular formula is C12H13FN2S. The Morgan fingerprint density at radius 1 is 1.44 bits per heavy atom. The molecule has 0 fully saturated rings. The molecule has 1 atom stereocenters. The van der Waals surface area contributed by atoms with Crippen LogP contribution in [0.5, 0.6) is 0 Å². The third-order valence-electron chi connectivity index (χ3n) is 2.51. The van der Waals surface area contributed by atoms with Gasteiger partial charge in [0, 0.05) is 11.6 Å². The standard InChI is InChI=1S/C12H13FN2S/c1-7(14)9-3-4-10(11(13)5-9)12-8(2)15-6-16-12/h3-7H,14H2,1-2H3/t7-/m0/s1. The van der Waals surface area contributed by atoms with E-state index >= 15 is 0 Å². The van der Waals surface area contributed by atoms with Gasteiger partial charge >= 0.3 is 0 Å². The third-order valence-corrected chi connectivity index (χ3v) is 3.47. The molecule has 0 saturated carbocycles. The first-order chi connectivity index (χ1) is 7.59. The van der Waals surface area contributed by atoms with Gasteiger partial charge < -0.3 is 5.73 Å². The van der Waals surface area contributed by atoms with Gasteiger partial charge in [-0.05, 0) is 25.5 Å². The zero-order valence-electron chi connectivity index (χ0n) is 9.20. The second-order valence-electron chi connectivity index (χ2n) is 3.79. The predicted octanol–water partition coefficient (Wildman–Crippen LogP) is 3.28. The second kappa shape index (κ2) is 4.31. The lowest BCUT2D eigenvalue weighted by molar-refractivity contribution is 0.626. The van der Waals surface area contributed by atoms with Crippen LogP contribution in [0.25, 0.3) is 10.4 Å². The Balaban J connectivity index is 2.48. The first-order valence-electron chi connectivity index (χ1n) is 5.05. The van der Waals surface area contributed by atoms with Crippen LogP contribution in [0, 0.1) is 12.7 Å². The topological polar surface area (TPSA) is 38.9 Å². The fourth-order valence-electron chi connectivity index (χ4n) is 1.56. The summed E-state index contributed by atoms with van der Waals surface area (Å²) in [5.41, 5.74) is 9.70. The minimum absolute atomic E-state index is 0.147. The minimum Gasteiger partial charge on any atom is -0.324 e. The van der Waals surface area contributed by atoms with Gasteiger partial charge in [0.2, 0.25) is 0 Å². The summed E-state index contributed by atoms with van der Waals surface area (Å²) in [5, 5.41) is 0. The lowest BCUT2D eigenvalue weighted by Gasteiger charge is -2.08. The molecule has 0 spiro atoms. The third kappa shape index (κ3) is 1.99. The van der Waals surface area contributed by atoms with Crippen LogP contribution >= 0.6 is 11.3 Å². The molecule has 16 heavy (non-hydrogen) atoms. The highest BCUT2D eigenvalue weighted by Gasteiger charge is 2.11. The van der Waals surface area contributed by atoms with Gasteiger partial charge in [-0.3, -0.25) is 0 Å². The molecule has 0 bridgehead atoms. The summed E-state index contributed by atoms with van der Waals surface area (Å²) < 4.78 is 13.9. The first kappa shape index (κ1) is 11.2. The van der Waals surface area contributed by atoms with Gasteiger partial charge in [-0.25, -0.2) is 9.37 Å². The summed E-state index contributed by atoms with van der Waals surface area (Å²) in [7, 11) is 0. The first-order valence-corrected chi connectivity index (χ1v) is 5.93. The molecule has 2 aromatic rings. The Kier molecular flexibility index (Phi) is 3.03. The number of thiazole rings is 1. The van der Waals surface area contributed by atoms with Crippen LogP contribution in [-0.2, 0) is 0 Å². The molecule has 2 N–H and O–H groups in total. The summed E-state index contributed by atoms with van der Waals surface area (Å²) in [6, 6.07) is 4.99. The Hall–Kier alpha value is -1.26. The fraction of sp³-hybridized carbons (Fsp3) is 0.250. The number of benzene rings is 1. The smallest absolute Gasteiger partial charge is 0.132 e. The van der Waals surface area contributed by atoms with E-state index in [-0.39, 0.29) is 11.9 Å². The molecule has 0 amide bonds. The minimum atomic E-state index is -0.234. The Bertz CT molecular complexity index is 505. The highest BCUT2D eigenvalue weighted by molar-refractivity contribution is 7.13. The molecule has 0 saturated heterocycles. The maximum atomic E-state index is 13.9. The molecular weight excluding hydrogens is 223 g/mol. The van der Waals surface area contributed by atoms with Crippen LogP contribution in [0.1, 0.15) is 24.2 Å². The van der Waals surface area contributed by atoms with Crippen molar-refractivity contribution in [3.05, 3.63) is 40.8 Å². The SMILES string of the molecule is Cc1ncsc1-c1ccc([C@H](C)N)cc1F. The van der Waals surface area contributed by atoms with Crippen LogP contribution in [0.15, 0.2) is 23.7 Å². The lowest BCUT2D eigenvalue weighted by atomic mass is 10.0. The predicted molar refractivity (Wildman–Crippen MR) is 64.8 cm³/mol. The molecule has 2 rings (SSSR count). The van der Waals surface area contributed by atoms with Gasteiger partial charge in [-0.2, -0.15) is 0 Å². The highest BCUT2D eigenvalue weighted by Crippen LogP contribution is 2.30. The monoisotopic (exact) mass is 236 g/mol. The van der Waals surface area contributed by atoms with Crippen molar-refractivity contribution in [1.82, 2.24) is 4.98 Å². The number of halogens is 1. The maximum absolute atomic E-state index is 13.9. The molecule has 84 valence electrons. The summed E-state index contributed by atoms with van der Waals surface area (Å²) in [5.74, 6) is -0.234. The van der Waals surface area contributed by atoms with E-state index in [2.05, 4.69) is 4.98 Å². The average molecular weight is 236 g/mol. The van der Waals surface area contributed by atoms with Crippen molar-refractivity contribution >= 4 is 11.3 Å². The van der Waals surface area contributed by atoms with E-state index in [0.29, 0.717) is 5.56 Å². The van der Waals surface area contributed by atoms with E-state index in [1.807, 2.05) is 19.9 Å². The summed E-state index contributed by atoms with van der Waals surface area (Å²) in [6.45, 7) is 3.72. The van der Waals surface area contributed by atoms with Gasteiger partial charge in [0.15, 0.2) is 0 Å². The average Bonchev–Trinajstić information content (AvgIpc) is 2.64. The number of aromatic nitrogens is 1. The van der Waals surface area contributed by atoms with Crippen LogP contribution in [0.4, 0.5) is 4.39 Å². The number of hydrogen-bond donors (Lipinski definition) is 1. The number of nitrogens with zero attached hydrogens (tertiary/aromatic N) is 1. The molecule has 0 unspecified atom stereocenters. The van der Waals surface area contributed by atoms with Crippen molar-refractivity contribution < 1.29 is 4.39 Å². The van der Waals surface area contributed by atoms with E-state index in [4.69, 9.17) is 5.73 Å². The quantitative estimate of drug-likeness (QED) is 0.869. The highest BCUT2D eigenvalue weighted by atomic mass is 32.1. The van der Waals surface area contributed by atoms with Crippen molar-refractivity contribution in [1.29, 1.82) is 0 Å². The summed E-state index contributed by atoms with van der Waals surface area (Å²) >= 11 is 1.45. The van der Waals surface area contributed by atoms with Crippen molar-refractivity contribution in [3.8, 4) is 10.4 Å². The van der Waals surface area contributed by atoms with Crippen molar-refractivity contribution in [2.75, 3.05) is 0 Å². The Labute approximate surface area is 97.9 Å². The van der Waals surface area contributed by atoms with E-state index in [0.717, 1.165) is 16.1 Å². The largest absolute Gasteiger partial charge is 0.324 e. The molecule has 1 aromatic carbocycles. The van der Waals surface area contributed by atoms with E-state index in [1.165, 1.54) is 17.4 Å². The molecule has 1 heterocycles. The van der Waals surface area contributed by atoms with Crippen molar-refractivity contribution in [3.63, 3.8) is 0 Å². The fourth-order valence-corrected chi connectivity index (χ4v) is 2.39. The molecule has 0 aliphatic heterocycles.